The van der Waals surface area contributed by atoms with Crippen LogP contribution in [0.5, 0.6) is 0 Å². The van der Waals surface area contributed by atoms with Gasteiger partial charge in [0.05, 0.1) is 30.5 Å². The van der Waals surface area contributed by atoms with Gasteiger partial charge in [0.2, 0.25) is 5.91 Å². The quantitative estimate of drug-likeness (QED) is 0.804. The number of carbonyl (C=O) groups excluding carboxylic acids is 2. The number of cyclic esters (lactones) is 1. The highest BCUT2D eigenvalue weighted by molar-refractivity contribution is 5.90. The third-order valence-electron chi connectivity index (χ3n) is 5.08. The van der Waals surface area contributed by atoms with Gasteiger partial charge >= 0.3 is 6.09 Å². The summed E-state index contributed by atoms with van der Waals surface area (Å²) in [5.41, 5.74) is 1.99. The molecule has 0 radical (unpaired) electrons. The first kappa shape index (κ1) is 19.7. The van der Waals surface area contributed by atoms with Gasteiger partial charge in [0.25, 0.3) is 0 Å². The lowest BCUT2D eigenvalue weighted by Crippen LogP contribution is -2.36. The van der Waals surface area contributed by atoms with Crippen molar-refractivity contribution >= 4 is 23.4 Å². The average Bonchev–Trinajstić information content (AvgIpc) is 3.02. The molecule has 1 unspecified atom stereocenters. The second-order valence-electron chi connectivity index (χ2n) is 7.13. The third kappa shape index (κ3) is 4.25. The molecule has 0 aliphatic carbocycles. The Hall–Kier alpha value is -3.08. The predicted molar refractivity (Wildman–Crippen MR) is 102 cm³/mol. The fraction of sp³-hybridized carbons (Fsp3) is 0.450. The van der Waals surface area contributed by atoms with Crippen molar-refractivity contribution in [3.05, 3.63) is 35.7 Å². The Morgan fingerprint density at radius 2 is 2.25 bits per heavy atom. The predicted octanol–water partition coefficient (Wildman–Crippen LogP) is 2.58. The fourth-order valence-corrected chi connectivity index (χ4v) is 3.58. The lowest BCUT2D eigenvalue weighted by atomic mass is 9.92. The first-order chi connectivity index (χ1) is 13.4. The molecule has 148 valence electrons. The minimum Gasteiger partial charge on any atom is -0.442 e. The highest BCUT2D eigenvalue weighted by Crippen LogP contribution is 2.31. The number of allylic oxidation sites excluding steroid dienone is 1. The van der Waals surface area contributed by atoms with Gasteiger partial charge in [-0.15, -0.1) is 0 Å². The summed E-state index contributed by atoms with van der Waals surface area (Å²) in [6.07, 6.45) is 1.28. The molecule has 1 aromatic rings. The van der Waals surface area contributed by atoms with Crippen molar-refractivity contribution in [2.45, 2.75) is 26.4 Å². The van der Waals surface area contributed by atoms with Crippen LogP contribution in [0.25, 0.3) is 0 Å². The minimum absolute atomic E-state index is 0.176. The van der Waals surface area contributed by atoms with E-state index in [9.17, 15) is 14.0 Å². The maximum absolute atomic E-state index is 14.8. The summed E-state index contributed by atoms with van der Waals surface area (Å²) in [7, 11) is 0. The largest absolute Gasteiger partial charge is 0.442 e. The zero-order chi connectivity index (χ0) is 20.3. The van der Waals surface area contributed by atoms with E-state index in [1.165, 1.54) is 17.9 Å². The molecular weight excluding hydrogens is 363 g/mol. The van der Waals surface area contributed by atoms with Crippen LogP contribution in [-0.4, -0.2) is 44.3 Å². The van der Waals surface area contributed by atoms with Crippen molar-refractivity contribution in [1.82, 2.24) is 5.32 Å². The van der Waals surface area contributed by atoms with Crippen LogP contribution >= 0.6 is 0 Å². The van der Waals surface area contributed by atoms with E-state index in [0.717, 1.165) is 12.0 Å². The smallest absolute Gasteiger partial charge is 0.414 e. The van der Waals surface area contributed by atoms with Gasteiger partial charge in [0.1, 0.15) is 11.9 Å². The van der Waals surface area contributed by atoms with Crippen molar-refractivity contribution in [3.63, 3.8) is 0 Å². The van der Waals surface area contributed by atoms with Crippen molar-refractivity contribution in [2.75, 3.05) is 36.0 Å². The van der Waals surface area contributed by atoms with Gasteiger partial charge in [0, 0.05) is 26.1 Å². The molecule has 0 saturated carbocycles. The van der Waals surface area contributed by atoms with Crippen LogP contribution < -0.4 is 15.1 Å². The molecular formula is C20H23FN4O3. The van der Waals surface area contributed by atoms with Gasteiger partial charge in [-0.25, -0.2) is 9.18 Å². The molecule has 2 fully saturated rings. The topological polar surface area (TPSA) is 85.7 Å². The van der Waals surface area contributed by atoms with Gasteiger partial charge < -0.3 is 15.0 Å². The lowest BCUT2D eigenvalue weighted by Gasteiger charge is -2.34. The number of hydrogen-bond acceptors (Lipinski definition) is 5. The van der Waals surface area contributed by atoms with E-state index in [1.54, 1.807) is 18.2 Å². The number of nitriles is 1. The molecule has 1 N–H and O–H groups in total. The molecule has 0 spiro atoms. The summed E-state index contributed by atoms with van der Waals surface area (Å²) < 4.78 is 20.0. The Labute approximate surface area is 163 Å². The summed E-state index contributed by atoms with van der Waals surface area (Å²) in [6, 6.07) is 6.78. The molecule has 2 aliphatic rings. The SMILES string of the molecule is CC(=O)NC[C@H]1CN(c2ccc(N3CC/C(=C\C#N)C(C)C3)c(F)c2)C(=O)O1. The lowest BCUT2D eigenvalue weighted by molar-refractivity contribution is -0.119. The van der Waals surface area contributed by atoms with Gasteiger partial charge in [0.15, 0.2) is 0 Å². The Balaban J connectivity index is 1.69. The molecule has 2 atom stereocenters. The maximum Gasteiger partial charge on any atom is 0.414 e. The molecule has 2 saturated heterocycles. The number of carbonyl (C=O) groups is 2. The van der Waals surface area contributed by atoms with E-state index in [-0.39, 0.29) is 24.9 Å². The summed E-state index contributed by atoms with van der Waals surface area (Å²) in [6.45, 7) is 5.16. The summed E-state index contributed by atoms with van der Waals surface area (Å²) in [5.74, 6) is -0.431. The van der Waals surface area contributed by atoms with Gasteiger partial charge in [-0.1, -0.05) is 12.5 Å². The van der Waals surface area contributed by atoms with Crippen LogP contribution in [0, 0.1) is 23.1 Å². The number of anilines is 2. The average molecular weight is 386 g/mol. The van der Waals surface area contributed by atoms with E-state index < -0.39 is 18.0 Å². The summed E-state index contributed by atoms with van der Waals surface area (Å²) in [5, 5.41) is 11.4. The van der Waals surface area contributed by atoms with Crippen LogP contribution in [0.2, 0.25) is 0 Å². The molecule has 2 amide bonds. The van der Waals surface area contributed by atoms with Crippen molar-refractivity contribution in [1.29, 1.82) is 5.26 Å². The standard InChI is InChI=1S/C20H23FN4O3/c1-13-11-24(8-6-15(13)5-7-22)19-4-3-16(9-18(19)21)25-12-17(28-20(25)27)10-23-14(2)26/h3-5,9,13,17H,6,8,10-12H2,1-2H3,(H,23,26)/b15-5+/t13?,17-/m0/s1. The van der Waals surface area contributed by atoms with Crippen molar-refractivity contribution in [3.8, 4) is 6.07 Å². The molecule has 3 rings (SSSR count). The number of nitrogens with one attached hydrogen (secondary N) is 1. The monoisotopic (exact) mass is 386 g/mol. The first-order valence-corrected chi connectivity index (χ1v) is 9.24. The molecule has 0 aromatic heterocycles. The van der Waals surface area contributed by atoms with Crippen LogP contribution in [0.15, 0.2) is 29.8 Å². The molecule has 28 heavy (non-hydrogen) atoms. The highest BCUT2D eigenvalue weighted by atomic mass is 19.1. The molecule has 2 aliphatic heterocycles. The Morgan fingerprint density at radius 1 is 1.46 bits per heavy atom. The number of nitrogens with zero attached hydrogens (tertiary/aromatic N) is 3. The zero-order valence-corrected chi connectivity index (χ0v) is 15.9. The Kier molecular flexibility index (Phi) is 5.83. The summed E-state index contributed by atoms with van der Waals surface area (Å²) in [4.78, 5) is 26.4. The van der Waals surface area contributed by atoms with Crippen molar-refractivity contribution < 1.29 is 18.7 Å². The molecule has 7 nitrogen and oxygen atoms in total. The second kappa shape index (κ2) is 8.30. The Bertz CT molecular complexity index is 848. The summed E-state index contributed by atoms with van der Waals surface area (Å²) >= 11 is 0. The number of amides is 2. The van der Waals surface area contributed by atoms with Crippen LogP contribution in [0.4, 0.5) is 20.6 Å². The van der Waals surface area contributed by atoms with E-state index in [1.807, 2.05) is 11.8 Å². The van der Waals surface area contributed by atoms with Crippen LogP contribution in [0.3, 0.4) is 0 Å². The van der Waals surface area contributed by atoms with E-state index in [0.29, 0.717) is 24.5 Å². The highest BCUT2D eigenvalue weighted by Gasteiger charge is 2.33. The van der Waals surface area contributed by atoms with Crippen LogP contribution in [0.1, 0.15) is 20.3 Å². The van der Waals surface area contributed by atoms with E-state index in [2.05, 4.69) is 11.4 Å². The van der Waals surface area contributed by atoms with Gasteiger partial charge in [-0.05, 0) is 30.5 Å². The maximum atomic E-state index is 14.8. The van der Waals surface area contributed by atoms with E-state index in [4.69, 9.17) is 10.00 Å². The molecule has 8 heteroatoms. The van der Waals surface area contributed by atoms with Crippen molar-refractivity contribution in [2.24, 2.45) is 5.92 Å². The molecule has 1 aromatic carbocycles. The van der Waals surface area contributed by atoms with Gasteiger partial charge in [-0.3, -0.25) is 9.69 Å². The van der Waals surface area contributed by atoms with Gasteiger partial charge in [-0.2, -0.15) is 5.26 Å². The third-order valence-corrected chi connectivity index (χ3v) is 5.08. The number of benzene rings is 1. The number of ether oxygens (including phenoxy) is 1. The number of rotatable bonds is 4. The number of hydrogen-bond donors (Lipinski definition) is 1. The number of piperidine rings is 1. The first-order valence-electron chi connectivity index (χ1n) is 9.24. The van der Waals surface area contributed by atoms with E-state index >= 15 is 0 Å². The van der Waals surface area contributed by atoms with Crippen LogP contribution in [-0.2, 0) is 9.53 Å². The minimum atomic E-state index is -0.555. The Morgan fingerprint density at radius 3 is 2.89 bits per heavy atom. The number of halogens is 1. The fourth-order valence-electron chi connectivity index (χ4n) is 3.58. The zero-order valence-electron chi connectivity index (χ0n) is 15.9. The molecule has 0 bridgehead atoms. The normalized spacial score (nSPS) is 23.5. The second-order valence-corrected chi connectivity index (χ2v) is 7.13. The molecule has 2 heterocycles.